The maximum absolute atomic E-state index is 12.2. The highest BCUT2D eigenvalue weighted by Crippen LogP contribution is 2.35. The van der Waals surface area contributed by atoms with Crippen molar-refractivity contribution < 1.29 is 4.79 Å². The minimum Gasteiger partial charge on any atom is -0.318 e. The van der Waals surface area contributed by atoms with Crippen molar-refractivity contribution in [1.29, 1.82) is 0 Å². The number of rotatable bonds is 3. The van der Waals surface area contributed by atoms with Crippen molar-refractivity contribution in [1.82, 2.24) is 10.2 Å². The zero-order valence-electron chi connectivity index (χ0n) is 11.5. The molecule has 2 heterocycles. The summed E-state index contributed by atoms with van der Waals surface area (Å²) < 4.78 is 0. The van der Waals surface area contributed by atoms with E-state index in [9.17, 15) is 4.79 Å². The number of hydrogen-bond acceptors (Lipinski definition) is 3. The molecule has 1 saturated heterocycles. The van der Waals surface area contributed by atoms with Gasteiger partial charge in [0.05, 0.1) is 6.54 Å². The monoisotopic (exact) mass is 278 g/mol. The molecule has 1 atom stereocenters. The summed E-state index contributed by atoms with van der Waals surface area (Å²) in [7, 11) is 0. The number of amides is 1. The van der Waals surface area contributed by atoms with E-state index in [1.165, 1.54) is 37.0 Å². The summed E-state index contributed by atoms with van der Waals surface area (Å²) in [5.74, 6) is 1.15. The van der Waals surface area contributed by atoms with Crippen LogP contribution in [0.2, 0.25) is 0 Å². The Morgan fingerprint density at radius 3 is 2.79 bits per heavy atom. The quantitative estimate of drug-likeness (QED) is 0.921. The molecular formula is C15H22N2OS. The third-order valence-corrected chi connectivity index (χ3v) is 5.54. The first kappa shape index (κ1) is 13.1. The van der Waals surface area contributed by atoms with Gasteiger partial charge in [0, 0.05) is 10.9 Å². The molecule has 3 rings (SSSR count). The topological polar surface area (TPSA) is 32.3 Å². The largest absolute Gasteiger partial charge is 0.318 e. The van der Waals surface area contributed by atoms with Crippen LogP contribution < -0.4 is 5.32 Å². The average molecular weight is 278 g/mol. The Kier molecular flexibility index (Phi) is 3.89. The van der Waals surface area contributed by atoms with Crippen LogP contribution in [0.5, 0.6) is 0 Å². The van der Waals surface area contributed by atoms with Crippen molar-refractivity contribution in [2.24, 2.45) is 5.92 Å². The molecule has 2 aliphatic rings. The molecule has 1 aliphatic carbocycles. The smallest absolute Gasteiger partial charge is 0.238 e. The number of nitrogens with zero attached hydrogens (tertiary/aromatic N) is 1. The average Bonchev–Trinajstić information content (AvgIpc) is 3.08. The standard InChI is InChI=1S/C15H22N2OS/c1-2-11-5-7-12(8-6-11)17-14(18)10-16-15(17)13-4-3-9-19-13/h3-4,9,11-12,15-16H,2,5-8,10H2,1H3. The van der Waals surface area contributed by atoms with Gasteiger partial charge < -0.3 is 4.90 Å². The number of thiophene rings is 1. The van der Waals surface area contributed by atoms with Gasteiger partial charge >= 0.3 is 0 Å². The molecule has 104 valence electrons. The van der Waals surface area contributed by atoms with E-state index >= 15 is 0 Å². The molecule has 1 aromatic rings. The zero-order chi connectivity index (χ0) is 13.2. The van der Waals surface area contributed by atoms with Crippen LogP contribution in [0, 0.1) is 5.92 Å². The molecule has 1 aromatic heterocycles. The Balaban J connectivity index is 1.72. The van der Waals surface area contributed by atoms with Gasteiger partial charge in [-0.15, -0.1) is 11.3 Å². The van der Waals surface area contributed by atoms with Crippen LogP contribution in [0.3, 0.4) is 0 Å². The predicted octanol–water partition coefficient (Wildman–Crippen LogP) is 3.15. The second-order valence-electron chi connectivity index (χ2n) is 5.68. The molecule has 0 radical (unpaired) electrons. The highest BCUT2D eigenvalue weighted by atomic mass is 32.1. The van der Waals surface area contributed by atoms with Crippen LogP contribution in [0.1, 0.15) is 50.1 Å². The zero-order valence-corrected chi connectivity index (χ0v) is 12.3. The van der Waals surface area contributed by atoms with E-state index in [0.717, 1.165) is 5.92 Å². The van der Waals surface area contributed by atoms with Gasteiger partial charge in [-0.2, -0.15) is 0 Å². The van der Waals surface area contributed by atoms with E-state index in [0.29, 0.717) is 12.6 Å². The predicted molar refractivity (Wildman–Crippen MR) is 77.9 cm³/mol. The Bertz CT molecular complexity index is 423. The van der Waals surface area contributed by atoms with Crippen LogP contribution in [-0.4, -0.2) is 23.4 Å². The second kappa shape index (κ2) is 5.63. The van der Waals surface area contributed by atoms with Crippen LogP contribution in [0.25, 0.3) is 0 Å². The van der Waals surface area contributed by atoms with E-state index in [2.05, 4.69) is 34.7 Å². The summed E-state index contributed by atoms with van der Waals surface area (Å²) in [4.78, 5) is 15.6. The van der Waals surface area contributed by atoms with Crippen LogP contribution >= 0.6 is 11.3 Å². The molecule has 4 heteroatoms. The van der Waals surface area contributed by atoms with Gasteiger partial charge in [-0.1, -0.05) is 19.4 Å². The Labute approximate surface area is 119 Å². The van der Waals surface area contributed by atoms with Crippen LogP contribution in [0.15, 0.2) is 17.5 Å². The summed E-state index contributed by atoms with van der Waals surface area (Å²) in [5, 5.41) is 5.46. The summed E-state index contributed by atoms with van der Waals surface area (Å²) >= 11 is 1.74. The van der Waals surface area contributed by atoms with Crippen molar-refractivity contribution in [3.05, 3.63) is 22.4 Å². The van der Waals surface area contributed by atoms with E-state index in [4.69, 9.17) is 0 Å². The molecule has 0 aromatic carbocycles. The first-order chi connectivity index (χ1) is 9.29. The van der Waals surface area contributed by atoms with Crippen LogP contribution in [-0.2, 0) is 4.79 Å². The highest BCUT2D eigenvalue weighted by Gasteiger charge is 2.38. The third kappa shape index (κ3) is 2.56. The lowest BCUT2D eigenvalue weighted by atomic mass is 9.84. The lowest BCUT2D eigenvalue weighted by Gasteiger charge is -2.37. The maximum atomic E-state index is 12.2. The molecule has 1 aliphatic heterocycles. The SMILES string of the molecule is CCC1CCC(N2C(=O)CNC2c2cccs2)CC1. The number of hydrogen-bond donors (Lipinski definition) is 1. The van der Waals surface area contributed by atoms with Gasteiger partial charge in [0.15, 0.2) is 0 Å². The fourth-order valence-corrected chi connectivity index (χ4v) is 4.25. The molecule has 1 amide bonds. The maximum Gasteiger partial charge on any atom is 0.238 e. The first-order valence-electron chi connectivity index (χ1n) is 7.37. The molecule has 1 N–H and O–H groups in total. The number of carbonyl (C=O) groups is 1. The van der Waals surface area contributed by atoms with Crippen molar-refractivity contribution in [3.8, 4) is 0 Å². The molecule has 0 bridgehead atoms. The lowest BCUT2D eigenvalue weighted by molar-refractivity contribution is -0.131. The fraction of sp³-hybridized carbons (Fsp3) is 0.667. The van der Waals surface area contributed by atoms with Crippen LogP contribution in [0.4, 0.5) is 0 Å². The van der Waals surface area contributed by atoms with Gasteiger partial charge in [-0.3, -0.25) is 10.1 Å². The second-order valence-corrected chi connectivity index (χ2v) is 6.66. The van der Waals surface area contributed by atoms with Gasteiger partial charge in [-0.05, 0) is 43.0 Å². The van der Waals surface area contributed by atoms with Gasteiger partial charge in [-0.25, -0.2) is 0 Å². The molecule has 2 fully saturated rings. The molecular weight excluding hydrogens is 256 g/mol. The van der Waals surface area contributed by atoms with Crippen molar-refractivity contribution >= 4 is 17.2 Å². The lowest BCUT2D eigenvalue weighted by Crippen LogP contribution is -2.41. The fourth-order valence-electron chi connectivity index (χ4n) is 3.45. The van der Waals surface area contributed by atoms with Gasteiger partial charge in [0.25, 0.3) is 0 Å². The summed E-state index contributed by atoms with van der Waals surface area (Å²) in [5.41, 5.74) is 0. The van der Waals surface area contributed by atoms with Gasteiger partial charge in [0.1, 0.15) is 6.17 Å². The summed E-state index contributed by atoms with van der Waals surface area (Å²) in [6, 6.07) is 4.64. The third-order valence-electron chi connectivity index (χ3n) is 4.61. The Hall–Kier alpha value is -0.870. The molecule has 19 heavy (non-hydrogen) atoms. The highest BCUT2D eigenvalue weighted by molar-refractivity contribution is 7.10. The van der Waals surface area contributed by atoms with Crippen molar-refractivity contribution in [2.75, 3.05) is 6.54 Å². The number of carbonyl (C=O) groups excluding carboxylic acids is 1. The number of nitrogens with one attached hydrogen (secondary N) is 1. The van der Waals surface area contributed by atoms with E-state index in [1.807, 2.05) is 0 Å². The van der Waals surface area contributed by atoms with Gasteiger partial charge in [0.2, 0.25) is 5.91 Å². The Morgan fingerprint density at radius 2 is 2.16 bits per heavy atom. The summed E-state index contributed by atoms with van der Waals surface area (Å²) in [6.45, 7) is 2.78. The minimum absolute atomic E-state index is 0.121. The van der Waals surface area contributed by atoms with Crippen molar-refractivity contribution in [2.45, 2.75) is 51.2 Å². The van der Waals surface area contributed by atoms with E-state index < -0.39 is 0 Å². The molecule has 1 saturated carbocycles. The normalized spacial score (nSPS) is 31.9. The Morgan fingerprint density at radius 1 is 1.37 bits per heavy atom. The van der Waals surface area contributed by atoms with E-state index in [-0.39, 0.29) is 12.1 Å². The molecule has 0 spiro atoms. The van der Waals surface area contributed by atoms with E-state index in [1.54, 1.807) is 11.3 Å². The first-order valence-corrected chi connectivity index (χ1v) is 8.25. The van der Waals surface area contributed by atoms with Crippen molar-refractivity contribution in [3.63, 3.8) is 0 Å². The summed E-state index contributed by atoms with van der Waals surface area (Å²) in [6.07, 6.45) is 6.31. The molecule has 3 nitrogen and oxygen atoms in total. The molecule has 1 unspecified atom stereocenters. The minimum atomic E-state index is 0.121.